The fraction of sp³-hybridized carbons (Fsp3) is 0.261. The van der Waals surface area contributed by atoms with Gasteiger partial charge in [0.15, 0.2) is 0 Å². The molecule has 0 atom stereocenters. The average Bonchev–Trinajstić information content (AvgIpc) is 3.78. The van der Waals surface area contributed by atoms with E-state index in [1.165, 1.54) is 31.8 Å². The minimum atomic E-state index is -0.409. The second-order valence-corrected chi connectivity index (χ2v) is 24.3. The van der Waals surface area contributed by atoms with E-state index < -0.39 is 15.8 Å². The monoisotopic (exact) mass is 756 g/mol. The average molecular weight is 757 g/mol. The Morgan fingerprint density at radius 1 is 0.400 bits per heavy atom. The van der Waals surface area contributed by atoms with Gasteiger partial charge in [-0.3, -0.25) is 0 Å². The normalized spacial score (nSPS) is 11.7. The SMILES string of the molecule is CC(C)(C)P(C(C)(C)C)C(C)(C)C.[Fe].c1ccc(P(c2ccccc2)[c-]2[cH-][cH-][cH-][cH-]2)cc1.c1ccc(P(c2ccccc2)[c-]2cccc2)cc1. The molecule has 0 saturated carbocycles. The van der Waals surface area contributed by atoms with E-state index in [2.05, 4.69) is 232 Å². The number of benzene rings is 4. The Hall–Kier alpha value is -2.61. The van der Waals surface area contributed by atoms with Crippen molar-refractivity contribution in [3.8, 4) is 0 Å². The van der Waals surface area contributed by atoms with E-state index >= 15 is 0 Å². The first-order chi connectivity index (χ1) is 23.3. The maximum Gasteiger partial charge on any atom is 0 e. The van der Waals surface area contributed by atoms with Crippen LogP contribution < -0.4 is 31.8 Å². The van der Waals surface area contributed by atoms with Crippen LogP contribution in [0.25, 0.3) is 0 Å². The molecule has 0 aliphatic heterocycles. The molecule has 6 aromatic rings. The number of hydrogen-bond donors (Lipinski definition) is 0. The van der Waals surface area contributed by atoms with Crippen molar-refractivity contribution in [3.05, 3.63) is 170 Å². The Kier molecular flexibility index (Phi) is 16.1. The van der Waals surface area contributed by atoms with Gasteiger partial charge in [0.25, 0.3) is 0 Å². The summed E-state index contributed by atoms with van der Waals surface area (Å²) in [4.78, 5) is 0. The van der Waals surface area contributed by atoms with Gasteiger partial charge in [-0.15, -0.1) is 5.30 Å². The Morgan fingerprint density at radius 3 is 0.940 bits per heavy atom. The smallest absolute Gasteiger partial charge is 0 e. The zero-order valence-corrected chi connectivity index (χ0v) is 35.1. The molecule has 0 aliphatic rings. The van der Waals surface area contributed by atoms with Crippen molar-refractivity contribution in [3.63, 3.8) is 0 Å². The van der Waals surface area contributed by atoms with E-state index in [9.17, 15) is 0 Å². The second kappa shape index (κ2) is 19.3. The van der Waals surface area contributed by atoms with E-state index in [0.717, 1.165) is 0 Å². The Balaban J connectivity index is 0.000000205. The van der Waals surface area contributed by atoms with E-state index in [0.29, 0.717) is 15.5 Å². The van der Waals surface area contributed by atoms with Crippen LogP contribution in [0, 0.1) is 0 Å². The Bertz CT molecular complexity index is 1500. The molecule has 0 radical (unpaired) electrons. The van der Waals surface area contributed by atoms with Gasteiger partial charge in [-0.1, -0.05) is 210 Å². The molecule has 0 fully saturated rings. The molecule has 6 rings (SSSR count). The van der Waals surface area contributed by atoms with Gasteiger partial charge in [0.05, 0.1) is 0 Å². The van der Waals surface area contributed by atoms with Crippen LogP contribution in [0.4, 0.5) is 0 Å². The molecule has 0 bridgehead atoms. The van der Waals surface area contributed by atoms with Crippen LogP contribution in [-0.2, 0) is 17.1 Å². The van der Waals surface area contributed by atoms with Gasteiger partial charge in [-0.25, -0.2) is 20.1 Å². The van der Waals surface area contributed by atoms with Crippen LogP contribution in [0.15, 0.2) is 170 Å². The van der Waals surface area contributed by atoms with Crippen molar-refractivity contribution in [1.82, 2.24) is 0 Å². The van der Waals surface area contributed by atoms with Gasteiger partial charge in [0, 0.05) is 17.1 Å². The molecule has 4 heteroatoms. The number of hydrogen-bond acceptors (Lipinski definition) is 0. The summed E-state index contributed by atoms with van der Waals surface area (Å²) in [6.07, 6.45) is 0. The van der Waals surface area contributed by atoms with Gasteiger partial charge in [0.2, 0.25) is 0 Å². The largest absolute Gasteiger partial charge is 0.747 e. The molecule has 268 valence electrons. The van der Waals surface area contributed by atoms with Crippen molar-refractivity contribution in [2.45, 2.75) is 77.8 Å². The van der Waals surface area contributed by atoms with Crippen molar-refractivity contribution in [1.29, 1.82) is 0 Å². The molecule has 0 saturated heterocycles. The Labute approximate surface area is 318 Å². The fourth-order valence-electron chi connectivity index (χ4n) is 7.25. The summed E-state index contributed by atoms with van der Waals surface area (Å²) < 4.78 is 0. The van der Waals surface area contributed by atoms with E-state index in [4.69, 9.17) is 0 Å². The molecule has 50 heavy (non-hydrogen) atoms. The third kappa shape index (κ3) is 12.3. The third-order valence-corrected chi connectivity index (χ3v) is 16.8. The van der Waals surface area contributed by atoms with Crippen LogP contribution in [0.5, 0.6) is 0 Å². The fourth-order valence-corrected chi connectivity index (χ4v) is 17.9. The van der Waals surface area contributed by atoms with E-state index in [-0.39, 0.29) is 25.0 Å². The molecule has 0 unspecified atom stereocenters. The van der Waals surface area contributed by atoms with Gasteiger partial charge in [0.1, 0.15) is 0 Å². The molecule has 0 aliphatic carbocycles. The molecule has 0 amide bonds. The summed E-state index contributed by atoms with van der Waals surface area (Å²) in [5, 5.41) is 9.82. The first kappa shape index (κ1) is 41.8. The van der Waals surface area contributed by atoms with E-state index in [1.54, 1.807) is 0 Å². The van der Waals surface area contributed by atoms with Crippen molar-refractivity contribution in [2.75, 3.05) is 0 Å². The van der Waals surface area contributed by atoms with Crippen LogP contribution in [0.1, 0.15) is 62.3 Å². The van der Waals surface area contributed by atoms with Crippen LogP contribution in [0.3, 0.4) is 0 Å². The van der Waals surface area contributed by atoms with Crippen LogP contribution in [-0.4, -0.2) is 15.5 Å². The van der Waals surface area contributed by atoms with Gasteiger partial charge >= 0.3 is 0 Å². The van der Waals surface area contributed by atoms with Crippen molar-refractivity contribution >= 4 is 55.6 Å². The minimum Gasteiger partial charge on any atom is -0.747 e. The van der Waals surface area contributed by atoms with Gasteiger partial charge < -0.3 is 29.6 Å². The predicted octanol–water partition coefficient (Wildman–Crippen LogP) is 11.2. The third-order valence-electron chi connectivity index (χ3n) is 7.88. The molecule has 0 heterocycles. The predicted molar refractivity (Wildman–Crippen MR) is 228 cm³/mol. The summed E-state index contributed by atoms with van der Waals surface area (Å²) in [5.74, 6) is 0. The first-order valence-electron chi connectivity index (χ1n) is 17.3. The molecule has 6 aromatic carbocycles. The standard InChI is InChI=1S/2C17H14P.C12H27P.Fe/c2*1-3-9-15(10-4-1)18(17-13-7-8-14-17)16-11-5-2-6-12-16;1-10(2,3)13(11(4,5)6)12(7,8)9;/h2*1-14H;1-9H3;/q-5;-1;;. The molecule has 0 nitrogen and oxygen atoms in total. The summed E-state index contributed by atoms with van der Waals surface area (Å²) in [5.41, 5.74) is 0. The zero-order valence-electron chi connectivity index (χ0n) is 31.4. The first-order valence-corrected chi connectivity index (χ1v) is 21.3. The summed E-state index contributed by atoms with van der Waals surface area (Å²) in [7, 11) is -0.802. The maximum atomic E-state index is 2.38. The molecular formula is C46H55FeP3-6. The topological polar surface area (TPSA) is 0 Å². The molecule has 0 aromatic heterocycles. The zero-order chi connectivity index (χ0) is 35.5. The van der Waals surface area contributed by atoms with Crippen molar-refractivity contribution in [2.24, 2.45) is 0 Å². The molecule has 0 spiro atoms. The van der Waals surface area contributed by atoms with Gasteiger partial charge in [-0.2, -0.15) is 12.1 Å². The maximum absolute atomic E-state index is 2.38. The molecule has 0 N–H and O–H groups in total. The number of rotatable bonds is 6. The van der Waals surface area contributed by atoms with Crippen LogP contribution >= 0.6 is 23.8 Å². The molecular weight excluding hydrogens is 701 g/mol. The summed E-state index contributed by atoms with van der Waals surface area (Å²) in [6, 6.07) is 60.5. The second-order valence-electron chi connectivity index (χ2n) is 15.1. The van der Waals surface area contributed by atoms with Crippen LogP contribution in [0.2, 0.25) is 0 Å². The quantitative estimate of drug-likeness (QED) is 0.0902. The van der Waals surface area contributed by atoms with E-state index in [1.807, 2.05) is 0 Å². The summed E-state index contributed by atoms with van der Waals surface area (Å²) >= 11 is 0. The Morgan fingerprint density at radius 2 is 0.680 bits per heavy atom. The van der Waals surface area contributed by atoms with Crippen molar-refractivity contribution < 1.29 is 17.1 Å². The summed E-state index contributed by atoms with van der Waals surface area (Å²) in [6.45, 7) is 21.5. The minimum absolute atomic E-state index is 0. The van der Waals surface area contributed by atoms with Gasteiger partial charge in [-0.05, 0) is 26.1 Å².